The van der Waals surface area contributed by atoms with E-state index in [0.717, 1.165) is 22.2 Å². The van der Waals surface area contributed by atoms with Crippen LogP contribution in [0.4, 0.5) is 0 Å². The van der Waals surface area contributed by atoms with Crippen molar-refractivity contribution in [2.45, 2.75) is 13.0 Å². The number of ether oxygens (including phenoxy) is 1. The molecule has 140 valence electrons. The molecule has 4 rings (SSSR count). The summed E-state index contributed by atoms with van der Waals surface area (Å²) in [6, 6.07) is 28.3. The summed E-state index contributed by atoms with van der Waals surface area (Å²) in [7, 11) is 0. The van der Waals surface area contributed by atoms with Crippen molar-refractivity contribution in [2.24, 2.45) is 0 Å². The molecule has 0 fully saturated rings. The quantitative estimate of drug-likeness (QED) is 0.437. The molecule has 0 aliphatic carbocycles. The second-order valence-electron chi connectivity index (χ2n) is 6.72. The molecule has 29 heavy (non-hydrogen) atoms. The highest BCUT2D eigenvalue weighted by Crippen LogP contribution is 2.18. The number of ketones is 1. The van der Waals surface area contributed by atoms with Gasteiger partial charge in [-0.2, -0.15) is 5.26 Å². The lowest BCUT2D eigenvalue weighted by atomic mass is 10.0. The maximum atomic E-state index is 12.6. The van der Waals surface area contributed by atoms with Crippen molar-refractivity contribution in [3.8, 4) is 11.8 Å². The van der Waals surface area contributed by atoms with Gasteiger partial charge in [0.2, 0.25) is 0 Å². The molecule has 3 aromatic carbocycles. The van der Waals surface area contributed by atoms with Crippen LogP contribution in [0.5, 0.6) is 5.75 Å². The van der Waals surface area contributed by atoms with Gasteiger partial charge < -0.3 is 4.74 Å². The molecule has 0 radical (unpaired) electrons. The Bertz CT molecular complexity index is 1220. The first-order valence-corrected chi connectivity index (χ1v) is 9.31. The standard InChI is InChI=1S/C25H18N2O2/c26-16-19-6-3-5-18(13-19)14-25(28)21-8-4-9-23(15-21)29-17-22-12-11-20-7-1-2-10-24(20)27-22/h1-13,15H,14,17H2. The number of Topliss-reactive ketones (excluding diaryl/α,β-unsaturated/α-hetero) is 1. The highest BCUT2D eigenvalue weighted by Gasteiger charge is 2.09. The topological polar surface area (TPSA) is 63.0 Å². The zero-order valence-electron chi connectivity index (χ0n) is 15.7. The Morgan fingerprint density at radius 2 is 1.79 bits per heavy atom. The highest BCUT2D eigenvalue weighted by atomic mass is 16.5. The molecule has 0 atom stereocenters. The van der Waals surface area contributed by atoms with Crippen molar-refractivity contribution in [1.29, 1.82) is 5.26 Å². The number of hydrogen-bond acceptors (Lipinski definition) is 4. The second kappa shape index (κ2) is 8.37. The van der Waals surface area contributed by atoms with Gasteiger partial charge in [0.1, 0.15) is 12.4 Å². The van der Waals surface area contributed by atoms with Crippen LogP contribution < -0.4 is 4.74 Å². The van der Waals surface area contributed by atoms with E-state index >= 15 is 0 Å². The molecule has 4 nitrogen and oxygen atoms in total. The number of nitrogens with zero attached hydrogens (tertiary/aromatic N) is 2. The molecule has 0 saturated heterocycles. The zero-order valence-corrected chi connectivity index (χ0v) is 15.7. The summed E-state index contributed by atoms with van der Waals surface area (Å²) in [6.45, 7) is 0.326. The number of rotatable bonds is 6. The van der Waals surface area contributed by atoms with Crippen LogP contribution in [0.2, 0.25) is 0 Å². The average Bonchev–Trinajstić information content (AvgIpc) is 2.78. The summed E-state index contributed by atoms with van der Waals surface area (Å²) >= 11 is 0. The van der Waals surface area contributed by atoms with Crippen LogP contribution in [0, 0.1) is 11.3 Å². The summed E-state index contributed by atoms with van der Waals surface area (Å²) in [4.78, 5) is 17.2. The van der Waals surface area contributed by atoms with Crippen LogP contribution in [0.25, 0.3) is 10.9 Å². The predicted octanol–water partition coefficient (Wildman–Crippen LogP) is 5.11. The minimum Gasteiger partial charge on any atom is -0.487 e. The van der Waals surface area contributed by atoms with Crippen LogP contribution in [0.15, 0.2) is 84.9 Å². The van der Waals surface area contributed by atoms with Gasteiger partial charge in [-0.25, -0.2) is 4.98 Å². The maximum Gasteiger partial charge on any atom is 0.167 e. The van der Waals surface area contributed by atoms with Gasteiger partial charge in [-0.15, -0.1) is 0 Å². The van der Waals surface area contributed by atoms with E-state index in [0.29, 0.717) is 23.5 Å². The van der Waals surface area contributed by atoms with Crippen LogP contribution >= 0.6 is 0 Å². The smallest absolute Gasteiger partial charge is 0.167 e. The molecule has 1 heterocycles. The lowest BCUT2D eigenvalue weighted by Crippen LogP contribution is -2.05. The monoisotopic (exact) mass is 378 g/mol. The van der Waals surface area contributed by atoms with Crippen LogP contribution in [0.3, 0.4) is 0 Å². The molecule has 0 aliphatic heterocycles. The first-order chi connectivity index (χ1) is 14.2. The Hall–Kier alpha value is -3.97. The van der Waals surface area contributed by atoms with E-state index in [2.05, 4.69) is 11.1 Å². The number of pyridine rings is 1. The van der Waals surface area contributed by atoms with Gasteiger partial charge in [-0.3, -0.25) is 4.79 Å². The Kier molecular flexibility index (Phi) is 5.31. The molecule has 0 amide bonds. The van der Waals surface area contributed by atoms with Crippen molar-refractivity contribution in [1.82, 2.24) is 4.98 Å². The number of carbonyl (C=O) groups excluding carboxylic acids is 1. The van der Waals surface area contributed by atoms with Crippen molar-refractivity contribution >= 4 is 16.7 Å². The third-order valence-corrected chi connectivity index (χ3v) is 4.62. The van der Waals surface area contributed by atoms with Crippen LogP contribution in [-0.4, -0.2) is 10.8 Å². The van der Waals surface area contributed by atoms with Gasteiger partial charge in [0.15, 0.2) is 5.78 Å². The third kappa shape index (κ3) is 4.48. The Labute approximate surface area is 169 Å². The molecule has 0 spiro atoms. The number of para-hydroxylation sites is 1. The first-order valence-electron chi connectivity index (χ1n) is 9.31. The predicted molar refractivity (Wildman–Crippen MR) is 112 cm³/mol. The number of aromatic nitrogens is 1. The molecule has 0 unspecified atom stereocenters. The molecule has 0 bridgehead atoms. The lowest BCUT2D eigenvalue weighted by molar-refractivity contribution is 0.0992. The van der Waals surface area contributed by atoms with E-state index in [4.69, 9.17) is 10.00 Å². The summed E-state index contributed by atoms with van der Waals surface area (Å²) in [6.07, 6.45) is 0.241. The van der Waals surface area contributed by atoms with Crippen molar-refractivity contribution in [3.63, 3.8) is 0 Å². The minimum absolute atomic E-state index is 0.0191. The Morgan fingerprint density at radius 3 is 2.69 bits per heavy atom. The largest absolute Gasteiger partial charge is 0.487 e. The summed E-state index contributed by atoms with van der Waals surface area (Å²) in [5.74, 6) is 0.603. The number of carbonyl (C=O) groups is 1. The van der Waals surface area contributed by atoms with Crippen molar-refractivity contribution in [2.75, 3.05) is 0 Å². The van der Waals surface area contributed by atoms with Gasteiger partial charge >= 0.3 is 0 Å². The van der Waals surface area contributed by atoms with E-state index in [1.54, 1.807) is 30.3 Å². The second-order valence-corrected chi connectivity index (χ2v) is 6.72. The molecule has 4 heteroatoms. The molecule has 1 aromatic heterocycles. The molecule has 0 saturated carbocycles. The maximum absolute atomic E-state index is 12.6. The van der Waals surface area contributed by atoms with Crippen LogP contribution in [-0.2, 0) is 13.0 Å². The fourth-order valence-electron chi connectivity index (χ4n) is 3.14. The first kappa shape index (κ1) is 18.4. The van der Waals surface area contributed by atoms with E-state index in [1.165, 1.54) is 0 Å². The third-order valence-electron chi connectivity index (χ3n) is 4.62. The minimum atomic E-state index is -0.0191. The Morgan fingerprint density at radius 1 is 0.931 bits per heavy atom. The van der Waals surface area contributed by atoms with E-state index in [-0.39, 0.29) is 12.2 Å². The number of fused-ring (bicyclic) bond motifs is 1. The fourth-order valence-corrected chi connectivity index (χ4v) is 3.14. The summed E-state index contributed by atoms with van der Waals surface area (Å²) in [5, 5.41) is 10.1. The fraction of sp³-hybridized carbons (Fsp3) is 0.0800. The van der Waals surface area contributed by atoms with Gasteiger partial charge in [-0.1, -0.05) is 48.5 Å². The summed E-state index contributed by atoms with van der Waals surface area (Å²) < 4.78 is 5.86. The highest BCUT2D eigenvalue weighted by molar-refractivity contribution is 5.97. The van der Waals surface area contributed by atoms with Crippen molar-refractivity contribution < 1.29 is 9.53 Å². The number of benzene rings is 3. The average molecular weight is 378 g/mol. The summed E-state index contributed by atoms with van der Waals surface area (Å²) in [5.41, 5.74) is 3.71. The van der Waals surface area contributed by atoms with E-state index in [9.17, 15) is 4.79 Å². The lowest BCUT2D eigenvalue weighted by Gasteiger charge is -2.08. The Balaban J connectivity index is 1.45. The van der Waals surface area contributed by atoms with Gasteiger partial charge in [0.25, 0.3) is 0 Å². The van der Waals surface area contributed by atoms with Crippen molar-refractivity contribution in [3.05, 3.63) is 107 Å². The molecular formula is C25H18N2O2. The molecule has 4 aromatic rings. The molecule has 0 aliphatic rings. The van der Waals surface area contributed by atoms with Gasteiger partial charge in [0, 0.05) is 17.4 Å². The number of nitriles is 1. The molecule has 0 N–H and O–H groups in total. The van der Waals surface area contributed by atoms with Gasteiger partial charge in [0.05, 0.1) is 22.8 Å². The van der Waals surface area contributed by atoms with Gasteiger partial charge in [-0.05, 0) is 42.0 Å². The van der Waals surface area contributed by atoms with Crippen LogP contribution in [0.1, 0.15) is 27.2 Å². The van der Waals surface area contributed by atoms with E-state index in [1.807, 2.05) is 54.6 Å². The number of hydrogen-bond donors (Lipinski definition) is 0. The molecular weight excluding hydrogens is 360 g/mol. The zero-order chi connectivity index (χ0) is 20.1. The normalized spacial score (nSPS) is 10.4. The SMILES string of the molecule is N#Cc1cccc(CC(=O)c2cccc(OCc3ccc4ccccc4n3)c2)c1. The van der Waals surface area contributed by atoms with E-state index < -0.39 is 0 Å².